The SMILES string of the molecule is CN(CC[C@@H](O)c1ccccc1)Cc1ccco1. The van der Waals surface area contributed by atoms with E-state index in [1.165, 1.54) is 0 Å². The van der Waals surface area contributed by atoms with Crippen molar-refractivity contribution in [1.82, 2.24) is 4.90 Å². The van der Waals surface area contributed by atoms with Crippen molar-refractivity contribution in [2.24, 2.45) is 0 Å². The smallest absolute Gasteiger partial charge is 0.117 e. The highest BCUT2D eigenvalue weighted by Gasteiger charge is 2.09. The van der Waals surface area contributed by atoms with Crippen LogP contribution >= 0.6 is 0 Å². The van der Waals surface area contributed by atoms with Crippen LogP contribution in [-0.4, -0.2) is 23.6 Å². The lowest BCUT2D eigenvalue weighted by Crippen LogP contribution is -2.20. The second kappa shape index (κ2) is 6.38. The molecule has 1 heterocycles. The van der Waals surface area contributed by atoms with Crippen molar-refractivity contribution < 1.29 is 9.52 Å². The maximum Gasteiger partial charge on any atom is 0.117 e. The van der Waals surface area contributed by atoms with Gasteiger partial charge in [-0.25, -0.2) is 0 Å². The van der Waals surface area contributed by atoms with Gasteiger partial charge in [-0.15, -0.1) is 0 Å². The molecule has 3 nitrogen and oxygen atoms in total. The van der Waals surface area contributed by atoms with Gasteiger partial charge in [-0.05, 0) is 31.2 Å². The van der Waals surface area contributed by atoms with E-state index in [-0.39, 0.29) is 0 Å². The van der Waals surface area contributed by atoms with E-state index >= 15 is 0 Å². The van der Waals surface area contributed by atoms with Crippen molar-refractivity contribution >= 4 is 0 Å². The standard InChI is InChI=1S/C15H19NO2/c1-16(12-14-8-5-11-18-14)10-9-15(17)13-6-3-2-4-7-13/h2-8,11,15,17H,9-10,12H2,1H3/t15-/m1/s1. The molecule has 0 aliphatic heterocycles. The van der Waals surface area contributed by atoms with Gasteiger partial charge in [-0.3, -0.25) is 4.90 Å². The van der Waals surface area contributed by atoms with Crippen LogP contribution in [0.3, 0.4) is 0 Å². The second-order valence-corrected chi connectivity index (χ2v) is 4.53. The third kappa shape index (κ3) is 3.72. The van der Waals surface area contributed by atoms with Gasteiger partial charge in [0.15, 0.2) is 0 Å². The summed E-state index contributed by atoms with van der Waals surface area (Å²) in [7, 11) is 2.03. The van der Waals surface area contributed by atoms with Gasteiger partial charge >= 0.3 is 0 Å². The van der Waals surface area contributed by atoms with Gasteiger partial charge in [-0.1, -0.05) is 30.3 Å². The molecule has 0 aliphatic rings. The molecule has 0 saturated heterocycles. The van der Waals surface area contributed by atoms with Crippen LogP contribution in [0.25, 0.3) is 0 Å². The van der Waals surface area contributed by atoms with E-state index in [0.717, 1.165) is 30.8 Å². The maximum absolute atomic E-state index is 10.0. The van der Waals surface area contributed by atoms with Crippen LogP contribution in [0.4, 0.5) is 0 Å². The van der Waals surface area contributed by atoms with E-state index < -0.39 is 6.10 Å². The number of aliphatic hydroxyl groups excluding tert-OH is 1. The lowest BCUT2D eigenvalue weighted by molar-refractivity contribution is 0.145. The monoisotopic (exact) mass is 245 g/mol. The molecule has 1 N–H and O–H groups in total. The molecular weight excluding hydrogens is 226 g/mol. The summed E-state index contributed by atoms with van der Waals surface area (Å²) in [6.07, 6.45) is 2.01. The van der Waals surface area contributed by atoms with Crippen molar-refractivity contribution in [3.63, 3.8) is 0 Å². The highest BCUT2D eigenvalue weighted by Crippen LogP contribution is 2.16. The topological polar surface area (TPSA) is 36.6 Å². The number of hydrogen-bond donors (Lipinski definition) is 1. The summed E-state index contributed by atoms with van der Waals surface area (Å²) >= 11 is 0. The van der Waals surface area contributed by atoms with E-state index in [9.17, 15) is 5.11 Å². The fourth-order valence-corrected chi connectivity index (χ4v) is 1.93. The Morgan fingerprint density at radius 2 is 1.94 bits per heavy atom. The first-order valence-corrected chi connectivity index (χ1v) is 6.19. The van der Waals surface area contributed by atoms with Gasteiger partial charge in [0.2, 0.25) is 0 Å². The number of hydrogen-bond acceptors (Lipinski definition) is 3. The highest BCUT2D eigenvalue weighted by molar-refractivity contribution is 5.17. The number of aliphatic hydroxyl groups is 1. The van der Waals surface area contributed by atoms with Crippen molar-refractivity contribution in [3.8, 4) is 0 Å². The molecule has 2 aromatic rings. The van der Waals surface area contributed by atoms with Crippen molar-refractivity contribution in [2.75, 3.05) is 13.6 Å². The molecule has 0 amide bonds. The van der Waals surface area contributed by atoms with Crippen LogP contribution < -0.4 is 0 Å². The Bertz CT molecular complexity index is 439. The van der Waals surface area contributed by atoms with E-state index in [2.05, 4.69) is 4.90 Å². The highest BCUT2D eigenvalue weighted by atomic mass is 16.3. The lowest BCUT2D eigenvalue weighted by atomic mass is 10.1. The quantitative estimate of drug-likeness (QED) is 0.850. The number of furan rings is 1. The summed E-state index contributed by atoms with van der Waals surface area (Å²) in [5, 5.41) is 10.0. The third-order valence-electron chi connectivity index (χ3n) is 2.97. The number of benzene rings is 1. The zero-order valence-electron chi connectivity index (χ0n) is 10.6. The lowest BCUT2D eigenvalue weighted by Gasteiger charge is -2.17. The minimum absolute atomic E-state index is 0.398. The van der Waals surface area contributed by atoms with Crippen molar-refractivity contribution in [3.05, 3.63) is 60.1 Å². The predicted molar refractivity (Wildman–Crippen MR) is 71.1 cm³/mol. The molecule has 0 fully saturated rings. The van der Waals surface area contributed by atoms with Crippen LogP contribution in [0, 0.1) is 0 Å². The van der Waals surface area contributed by atoms with Crippen LogP contribution in [0.2, 0.25) is 0 Å². The molecule has 0 unspecified atom stereocenters. The Morgan fingerprint density at radius 1 is 1.17 bits per heavy atom. The summed E-state index contributed by atoms with van der Waals surface area (Å²) in [6.45, 7) is 1.60. The molecule has 0 aliphatic carbocycles. The summed E-state index contributed by atoms with van der Waals surface area (Å²) < 4.78 is 5.29. The average molecular weight is 245 g/mol. The molecule has 0 saturated carbocycles. The molecule has 0 bridgehead atoms. The van der Waals surface area contributed by atoms with Crippen molar-refractivity contribution in [2.45, 2.75) is 19.1 Å². The van der Waals surface area contributed by atoms with E-state index in [1.807, 2.05) is 49.5 Å². The van der Waals surface area contributed by atoms with Gasteiger partial charge in [0.25, 0.3) is 0 Å². The molecule has 0 spiro atoms. The zero-order valence-corrected chi connectivity index (χ0v) is 10.6. The van der Waals surface area contributed by atoms with Crippen LogP contribution in [0.1, 0.15) is 23.8 Å². The fraction of sp³-hybridized carbons (Fsp3) is 0.333. The van der Waals surface area contributed by atoms with Crippen molar-refractivity contribution in [1.29, 1.82) is 0 Å². The van der Waals surface area contributed by atoms with Crippen LogP contribution in [0.15, 0.2) is 53.1 Å². The molecule has 3 heteroatoms. The normalized spacial score (nSPS) is 12.8. The molecule has 1 atom stereocenters. The summed E-state index contributed by atoms with van der Waals surface area (Å²) in [6, 6.07) is 13.6. The molecule has 96 valence electrons. The van der Waals surface area contributed by atoms with Gasteiger partial charge in [-0.2, -0.15) is 0 Å². The second-order valence-electron chi connectivity index (χ2n) is 4.53. The van der Waals surface area contributed by atoms with Gasteiger partial charge in [0.05, 0.1) is 18.9 Å². The number of rotatable bonds is 6. The number of nitrogens with zero attached hydrogens (tertiary/aromatic N) is 1. The Kier molecular flexibility index (Phi) is 4.56. The first kappa shape index (κ1) is 12.9. The van der Waals surface area contributed by atoms with Gasteiger partial charge in [0, 0.05) is 6.54 Å². The average Bonchev–Trinajstić information content (AvgIpc) is 2.90. The molecule has 0 radical (unpaired) electrons. The minimum Gasteiger partial charge on any atom is -0.468 e. The predicted octanol–water partition coefficient (Wildman–Crippen LogP) is 2.84. The summed E-state index contributed by atoms with van der Waals surface area (Å²) in [5.74, 6) is 0.951. The maximum atomic E-state index is 10.0. The van der Waals surface area contributed by atoms with Gasteiger partial charge < -0.3 is 9.52 Å². The first-order chi connectivity index (χ1) is 8.75. The summed E-state index contributed by atoms with van der Waals surface area (Å²) in [5.41, 5.74) is 0.976. The Labute approximate surface area is 108 Å². The fourth-order valence-electron chi connectivity index (χ4n) is 1.93. The van der Waals surface area contributed by atoms with E-state index in [4.69, 9.17) is 4.42 Å². The first-order valence-electron chi connectivity index (χ1n) is 6.19. The molecular formula is C15H19NO2. The summed E-state index contributed by atoms with van der Waals surface area (Å²) in [4.78, 5) is 2.14. The van der Waals surface area contributed by atoms with Gasteiger partial charge in [0.1, 0.15) is 5.76 Å². The molecule has 18 heavy (non-hydrogen) atoms. The largest absolute Gasteiger partial charge is 0.468 e. The Hall–Kier alpha value is -1.58. The third-order valence-corrected chi connectivity index (χ3v) is 2.97. The van der Waals surface area contributed by atoms with E-state index in [0.29, 0.717) is 0 Å². The molecule has 2 rings (SSSR count). The van der Waals surface area contributed by atoms with E-state index in [1.54, 1.807) is 6.26 Å². The minimum atomic E-state index is -0.398. The Balaban J connectivity index is 1.77. The Morgan fingerprint density at radius 3 is 2.61 bits per heavy atom. The zero-order chi connectivity index (χ0) is 12.8. The van der Waals surface area contributed by atoms with Crippen LogP contribution in [0.5, 0.6) is 0 Å². The molecule has 1 aromatic carbocycles. The molecule has 1 aromatic heterocycles. The van der Waals surface area contributed by atoms with Crippen LogP contribution in [-0.2, 0) is 6.54 Å².